The minimum Gasteiger partial charge on any atom is -0.490 e. The molecule has 6 heteroatoms. The quantitative estimate of drug-likeness (QED) is 0.467. The van der Waals surface area contributed by atoms with Gasteiger partial charge in [0.1, 0.15) is 36.4 Å². The summed E-state index contributed by atoms with van der Waals surface area (Å²) in [5.74, 6) is 1.78. The summed E-state index contributed by atoms with van der Waals surface area (Å²) in [5, 5.41) is 29.7. The first-order valence-electron chi connectivity index (χ1n) is 12.6. The number of aliphatic hydroxyl groups is 3. The van der Waals surface area contributed by atoms with Crippen LogP contribution in [0.3, 0.4) is 0 Å². The third-order valence-electron chi connectivity index (χ3n) is 7.21. The molecule has 0 spiro atoms. The van der Waals surface area contributed by atoms with Gasteiger partial charge in [-0.1, -0.05) is 42.5 Å². The number of aliphatic hydroxyl groups excluding tert-OH is 3. The van der Waals surface area contributed by atoms with Crippen LogP contribution in [0.2, 0.25) is 0 Å². The Morgan fingerprint density at radius 1 is 0.972 bits per heavy atom. The highest BCUT2D eigenvalue weighted by Crippen LogP contribution is 2.33. The third kappa shape index (κ3) is 5.42. The van der Waals surface area contributed by atoms with Gasteiger partial charge in [-0.15, -0.1) is 0 Å². The lowest BCUT2D eigenvalue weighted by molar-refractivity contribution is -0.181. The van der Waals surface area contributed by atoms with E-state index in [9.17, 15) is 15.3 Å². The van der Waals surface area contributed by atoms with Crippen LogP contribution < -0.4 is 9.47 Å². The van der Waals surface area contributed by atoms with Crippen LogP contribution in [0.25, 0.3) is 0 Å². The standard InChI is InChI=1S/C30H34O6/c1-18-3-7-22-14-25(35-27(22)11-18)17-34-24-9-5-20(6-10-24)12-23-13-21(8-4-19(23)2)28-15-26(32)30(33)29(16-31)36-28/h3-11,13,25-26,28-33H,12,14-17H2,1-2H3/t25?,26-,28-,29-,30+/m1/s1. The Balaban J connectivity index is 1.20. The van der Waals surface area contributed by atoms with Crippen molar-refractivity contribution in [2.45, 2.75) is 63.6 Å². The Labute approximate surface area is 212 Å². The maximum atomic E-state index is 10.2. The molecule has 0 bridgehead atoms. The van der Waals surface area contributed by atoms with Gasteiger partial charge in [0.05, 0.1) is 18.8 Å². The van der Waals surface area contributed by atoms with Crippen LogP contribution in [0, 0.1) is 13.8 Å². The first kappa shape index (κ1) is 24.8. The molecule has 5 rings (SSSR count). The van der Waals surface area contributed by atoms with Gasteiger partial charge in [-0.05, 0) is 71.8 Å². The molecule has 6 nitrogen and oxygen atoms in total. The van der Waals surface area contributed by atoms with E-state index in [0.717, 1.165) is 35.5 Å². The van der Waals surface area contributed by atoms with E-state index in [0.29, 0.717) is 13.0 Å². The van der Waals surface area contributed by atoms with E-state index in [-0.39, 0.29) is 18.8 Å². The predicted molar refractivity (Wildman–Crippen MR) is 137 cm³/mol. The number of benzene rings is 3. The molecule has 36 heavy (non-hydrogen) atoms. The summed E-state index contributed by atoms with van der Waals surface area (Å²) in [5.41, 5.74) is 6.87. The molecule has 3 aromatic carbocycles. The van der Waals surface area contributed by atoms with Crippen LogP contribution in [-0.4, -0.2) is 52.9 Å². The molecule has 2 heterocycles. The Morgan fingerprint density at radius 3 is 2.56 bits per heavy atom. The lowest BCUT2D eigenvalue weighted by atomic mass is 9.91. The molecule has 0 aromatic heterocycles. The van der Waals surface area contributed by atoms with Gasteiger partial charge < -0.3 is 29.5 Å². The molecule has 0 aliphatic carbocycles. The second-order valence-electron chi connectivity index (χ2n) is 10.0. The topological polar surface area (TPSA) is 88.4 Å². The molecule has 1 fully saturated rings. The SMILES string of the molecule is Cc1ccc2c(c1)OC(COc1ccc(Cc3cc([C@H]4C[C@@H](O)[C@H](O)[C@@H](CO)O4)ccc3C)cc1)C2. The van der Waals surface area contributed by atoms with Gasteiger partial charge in [0.25, 0.3) is 0 Å². The van der Waals surface area contributed by atoms with Crippen molar-refractivity contribution in [2.24, 2.45) is 0 Å². The second-order valence-corrected chi connectivity index (χ2v) is 10.0. The van der Waals surface area contributed by atoms with Crippen LogP contribution in [0.1, 0.15) is 45.9 Å². The maximum Gasteiger partial charge on any atom is 0.137 e. The molecule has 2 aliphatic heterocycles. The van der Waals surface area contributed by atoms with E-state index in [1.54, 1.807) is 0 Å². The Hall–Kier alpha value is -2.90. The normalized spacial score (nSPS) is 25.3. The number of hydrogen-bond donors (Lipinski definition) is 3. The van der Waals surface area contributed by atoms with Crippen molar-refractivity contribution in [1.29, 1.82) is 0 Å². The highest BCUT2D eigenvalue weighted by atomic mass is 16.5. The highest BCUT2D eigenvalue weighted by molar-refractivity contribution is 5.41. The summed E-state index contributed by atoms with van der Waals surface area (Å²) < 4.78 is 17.9. The average molecular weight is 491 g/mol. The summed E-state index contributed by atoms with van der Waals surface area (Å²) >= 11 is 0. The zero-order valence-corrected chi connectivity index (χ0v) is 20.8. The number of hydrogen-bond acceptors (Lipinski definition) is 6. The lowest BCUT2D eigenvalue weighted by Crippen LogP contribution is -2.47. The molecule has 1 saturated heterocycles. The fourth-order valence-corrected chi connectivity index (χ4v) is 5.01. The molecular formula is C30H34O6. The van der Waals surface area contributed by atoms with Gasteiger partial charge >= 0.3 is 0 Å². The number of aryl methyl sites for hydroxylation is 2. The zero-order chi connectivity index (χ0) is 25.2. The largest absolute Gasteiger partial charge is 0.490 e. The fourth-order valence-electron chi connectivity index (χ4n) is 5.01. The highest BCUT2D eigenvalue weighted by Gasteiger charge is 2.37. The summed E-state index contributed by atoms with van der Waals surface area (Å²) in [6.07, 6.45) is -1.22. The van der Waals surface area contributed by atoms with Crippen LogP contribution in [0.5, 0.6) is 11.5 Å². The van der Waals surface area contributed by atoms with Crippen molar-refractivity contribution in [1.82, 2.24) is 0 Å². The van der Waals surface area contributed by atoms with E-state index >= 15 is 0 Å². The van der Waals surface area contributed by atoms with E-state index in [4.69, 9.17) is 14.2 Å². The van der Waals surface area contributed by atoms with Crippen molar-refractivity contribution < 1.29 is 29.5 Å². The van der Waals surface area contributed by atoms with Crippen molar-refractivity contribution >= 4 is 0 Å². The molecule has 5 atom stereocenters. The van der Waals surface area contributed by atoms with Crippen LogP contribution in [0.15, 0.2) is 60.7 Å². The number of rotatable bonds is 7. The fraction of sp³-hybridized carbons (Fsp3) is 0.400. The molecule has 0 amide bonds. The summed E-state index contributed by atoms with van der Waals surface area (Å²) in [7, 11) is 0. The van der Waals surface area contributed by atoms with E-state index < -0.39 is 18.3 Å². The molecule has 3 aromatic rings. The summed E-state index contributed by atoms with van der Waals surface area (Å²) in [4.78, 5) is 0. The Morgan fingerprint density at radius 2 is 1.78 bits per heavy atom. The van der Waals surface area contributed by atoms with Crippen molar-refractivity contribution in [3.05, 3.63) is 94.0 Å². The molecule has 3 N–H and O–H groups in total. The minimum atomic E-state index is -1.07. The van der Waals surface area contributed by atoms with E-state index in [1.807, 2.05) is 18.2 Å². The first-order chi connectivity index (χ1) is 17.4. The molecule has 2 aliphatic rings. The average Bonchev–Trinajstić information content (AvgIpc) is 3.28. The van der Waals surface area contributed by atoms with Crippen molar-refractivity contribution in [3.63, 3.8) is 0 Å². The lowest BCUT2D eigenvalue weighted by Gasteiger charge is -2.36. The van der Waals surface area contributed by atoms with Gasteiger partial charge in [0.2, 0.25) is 0 Å². The molecule has 0 radical (unpaired) electrons. The van der Waals surface area contributed by atoms with Crippen molar-refractivity contribution in [3.8, 4) is 11.5 Å². The summed E-state index contributed by atoms with van der Waals surface area (Å²) in [6.45, 7) is 4.32. The monoisotopic (exact) mass is 490 g/mol. The third-order valence-corrected chi connectivity index (χ3v) is 7.21. The Bertz CT molecular complexity index is 1190. The molecule has 1 unspecified atom stereocenters. The molecule has 0 saturated carbocycles. The molecule has 190 valence electrons. The van der Waals surface area contributed by atoms with Crippen LogP contribution in [0.4, 0.5) is 0 Å². The van der Waals surface area contributed by atoms with E-state index in [2.05, 4.69) is 56.3 Å². The van der Waals surface area contributed by atoms with Crippen LogP contribution in [-0.2, 0) is 17.6 Å². The van der Waals surface area contributed by atoms with Crippen molar-refractivity contribution in [2.75, 3.05) is 13.2 Å². The smallest absolute Gasteiger partial charge is 0.137 e. The number of fused-ring (bicyclic) bond motifs is 1. The van der Waals surface area contributed by atoms with Gasteiger partial charge in [-0.3, -0.25) is 0 Å². The maximum absolute atomic E-state index is 10.2. The second kappa shape index (κ2) is 10.6. The first-order valence-corrected chi connectivity index (χ1v) is 12.6. The van der Waals surface area contributed by atoms with Gasteiger partial charge in [0.15, 0.2) is 0 Å². The molecular weight excluding hydrogens is 456 g/mol. The van der Waals surface area contributed by atoms with Gasteiger partial charge in [-0.2, -0.15) is 0 Å². The van der Waals surface area contributed by atoms with E-state index in [1.165, 1.54) is 22.3 Å². The van der Waals surface area contributed by atoms with Crippen LogP contribution >= 0.6 is 0 Å². The predicted octanol–water partition coefficient (Wildman–Crippen LogP) is 3.82. The zero-order valence-electron chi connectivity index (χ0n) is 20.8. The van der Waals surface area contributed by atoms with Gasteiger partial charge in [-0.25, -0.2) is 0 Å². The van der Waals surface area contributed by atoms with Gasteiger partial charge in [0, 0.05) is 12.8 Å². The minimum absolute atomic E-state index is 0.0268. The summed E-state index contributed by atoms with van der Waals surface area (Å²) in [6, 6.07) is 20.6. The number of ether oxygens (including phenoxy) is 3. The Kier molecular flexibility index (Phi) is 7.30.